The van der Waals surface area contributed by atoms with Crippen molar-refractivity contribution in [3.63, 3.8) is 0 Å². The fourth-order valence-electron chi connectivity index (χ4n) is 2.12. The van der Waals surface area contributed by atoms with Gasteiger partial charge in [0.05, 0.1) is 13.2 Å². The number of nitrogens with one attached hydrogen (secondary N) is 1. The number of rotatable bonds is 4. The molecule has 1 heterocycles. The largest absolute Gasteiger partial charge is 0.496 e. The second-order valence-corrected chi connectivity index (χ2v) is 5.27. The van der Waals surface area contributed by atoms with Gasteiger partial charge in [0, 0.05) is 4.88 Å². The van der Waals surface area contributed by atoms with Crippen molar-refractivity contribution in [2.75, 3.05) is 7.11 Å². The summed E-state index contributed by atoms with van der Waals surface area (Å²) < 4.78 is 5.34. The predicted molar refractivity (Wildman–Crippen MR) is 76.0 cm³/mol. The molecule has 1 aromatic carbocycles. The molecular weight excluding hydrogens is 244 g/mol. The third kappa shape index (κ3) is 2.41. The highest BCUT2D eigenvalue weighted by Gasteiger charge is 2.17. The van der Waals surface area contributed by atoms with Crippen molar-refractivity contribution in [1.82, 2.24) is 5.43 Å². The van der Waals surface area contributed by atoms with E-state index in [4.69, 9.17) is 10.6 Å². The number of nitrogens with two attached hydrogens (primary N) is 1. The lowest BCUT2D eigenvalue weighted by Gasteiger charge is -2.19. The van der Waals surface area contributed by atoms with Crippen molar-refractivity contribution in [3.8, 4) is 5.75 Å². The van der Waals surface area contributed by atoms with Crippen molar-refractivity contribution in [3.05, 3.63) is 51.2 Å². The second kappa shape index (κ2) is 5.52. The van der Waals surface area contributed by atoms with Gasteiger partial charge in [0.25, 0.3) is 0 Å². The molecule has 0 bridgehead atoms. The van der Waals surface area contributed by atoms with Crippen LogP contribution in [0.2, 0.25) is 0 Å². The summed E-state index contributed by atoms with van der Waals surface area (Å²) in [5, 5.41) is 2.06. The maximum atomic E-state index is 5.71. The summed E-state index contributed by atoms with van der Waals surface area (Å²) in [5.41, 5.74) is 6.38. The quantitative estimate of drug-likeness (QED) is 0.658. The number of hydrazine groups is 1. The fourth-order valence-corrected chi connectivity index (χ4v) is 2.93. The Morgan fingerprint density at radius 2 is 2.06 bits per heavy atom. The Bertz CT molecular complexity index is 523. The van der Waals surface area contributed by atoms with Crippen molar-refractivity contribution in [1.29, 1.82) is 0 Å². The zero-order valence-corrected chi connectivity index (χ0v) is 11.7. The van der Waals surface area contributed by atoms with Gasteiger partial charge in [-0.2, -0.15) is 0 Å². The fraction of sp³-hybridized carbons (Fsp3) is 0.286. The number of ether oxygens (including phenoxy) is 1. The highest BCUT2D eigenvalue weighted by Crippen LogP contribution is 2.31. The Balaban J connectivity index is 2.46. The zero-order chi connectivity index (χ0) is 13.1. The first-order chi connectivity index (χ1) is 8.67. The molecule has 0 aliphatic carbocycles. The number of hydrogen-bond donors (Lipinski definition) is 2. The molecule has 0 saturated heterocycles. The minimum absolute atomic E-state index is 0.0367. The number of methoxy groups -OCH3 is 1. The molecule has 0 radical (unpaired) electrons. The molecule has 0 saturated carbocycles. The van der Waals surface area contributed by atoms with Gasteiger partial charge in [0.1, 0.15) is 5.75 Å². The third-order valence-corrected chi connectivity index (χ3v) is 4.03. The summed E-state index contributed by atoms with van der Waals surface area (Å²) in [5.74, 6) is 6.63. The molecule has 2 rings (SSSR count). The summed E-state index contributed by atoms with van der Waals surface area (Å²) in [4.78, 5) is 1.21. The van der Waals surface area contributed by atoms with E-state index in [0.29, 0.717) is 0 Å². The van der Waals surface area contributed by atoms with Crippen LogP contribution in [0.5, 0.6) is 5.75 Å². The van der Waals surface area contributed by atoms with Gasteiger partial charge in [-0.05, 0) is 48.1 Å². The van der Waals surface area contributed by atoms with E-state index < -0.39 is 0 Å². The number of thiophene rings is 1. The van der Waals surface area contributed by atoms with Crippen LogP contribution < -0.4 is 16.0 Å². The standard InChI is InChI=1S/C14H18N2OS/c1-9-8-12(17-3)10(2)7-11(9)14(16-15)13-5-4-6-18-13/h4-8,14,16H,15H2,1-3H3. The monoisotopic (exact) mass is 262 g/mol. The molecule has 0 aliphatic rings. The van der Waals surface area contributed by atoms with E-state index in [9.17, 15) is 0 Å². The summed E-state index contributed by atoms with van der Waals surface area (Å²) in [6.07, 6.45) is 0. The average molecular weight is 262 g/mol. The highest BCUT2D eigenvalue weighted by atomic mass is 32.1. The molecule has 18 heavy (non-hydrogen) atoms. The van der Waals surface area contributed by atoms with E-state index in [1.807, 2.05) is 13.0 Å². The third-order valence-electron chi connectivity index (χ3n) is 3.09. The van der Waals surface area contributed by atoms with Crippen LogP contribution in [0.3, 0.4) is 0 Å². The number of aryl methyl sites for hydroxylation is 2. The topological polar surface area (TPSA) is 47.3 Å². The molecule has 2 aromatic rings. The van der Waals surface area contributed by atoms with Gasteiger partial charge in [0.15, 0.2) is 0 Å². The van der Waals surface area contributed by atoms with Gasteiger partial charge >= 0.3 is 0 Å². The maximum absolute atomic E-state index is 5.71. The summed E-state index contributed by atoms with van der Waals surface area (Å²) in [7, 11) is 1.69. The van der Waals surface area contributed by atoms with E-state index in [2.05, 4.69) is 35.9 Å². The molecule has 1 aromatic heterocycles. The Morgan fingerprint density at radius 3 is 2.61 bits per heavy atom. The van der Waals surface area contributed by atoms with Crippen LogP contribution in [-0.2, 0) is 0 Å². The number of hydrogen-bond acceptors (Lipinski definition) is 4. The van der Waals surface area contributed by atoms with Crippen LogP contribution in [0, 0.1) is 13.8 Å². The lowest BCUT2D eigenvalue weighted by atomic mass is 9.97. The minimum Gasteiger partial charge on any atom is -0.496 e. The first kappa shape index (κ1) is 13.1. The summed E-state index contributed by atoms with van der Waals surface area (Å²) in [6, 6.07) is 8.36. The Kier molecular flexibility index (Phi) is 4.01. The Morgan fingerprint density at radius 1 is 1.28 bits per heavy atom. The molecule has 3 N–H and O–H groups in total. The van der Waals surface area contributed by atoms with E-state index in [1.54, 1.807) is 18.4 Å². The lowest BCUT2D eigenvalue weighted by Crippen LogP contribution is -2.28. The lowest BCUT2D eigenvalue weighted by molar-refractivity contribution is 0.411. The summed E-state index contributed by atoms with van der Waals surface area (Å²) >= 11 is 1.70. The van der Waals surface area contributed by atoms with Crippen molar-refractivity contribution >= 4 is 11.3 Å². The molecule has 0 fully saturated rings. The first-order valence-corrected chi connectivity index (χ1v) is 6.70. The second-order valence-electron chi connectivity index (χ2n) is 4.29. The van der Waals surface area contributed by atoms with Crippen LogP contribution >= 0.6 is 11.3 Å². The van der Waals surface area contributed by atoms with Crippen LogP contribution in [0.4, 0.5) is 0 Å². The van der Waals surface area contributed by atoms with Crippen LogP contribution in [0.25, 0.3) is 0 Å². The van der Waals surface area contributed by atoms with Crippen molar-refractivity contribution in [2.24, 2.45) is 5.84 Å². The van der Waals surface area contributed by atoms with E-state index in [-0.39, 0.29) is 6.04 Å². The smallest absolute Gasteiger partial charge is 0.122 e. The van der Waals surface area contributed by atoms with Gasteiger partial charge in [-0.3, -0.25) is 5.84 Å². The molecular formula is C14H18N2OS. The van der Waals surface area contributed by atoms with Gasteiger partial charge in [-0.15, -0.1) is 11.3 Å². The minimum atomic E-state index is 0.0367. The normalized spacial score (nSPS) is 12.4. The molecule has 0 spiro atoms. The van der Waals surface area contributed by atoms with Crippen molar-refractivity contribution in [2.45, 2.75) is 19.9 Å². The van der Waals surface area contributed by atoms with Crippen molar-refractivity contribution < 1.29 is 4.74 Å². The highest BCUT2D eigenvalue weighted by molar-refractivity contribution is 7.10. The van der Waals surface area contributed by atoms with Crippen LogP contribution in [0.1, 0.15) is 27.6 Å². The molecule has 0 amide bonds. The molecule has 3 nitrogen and oxygen atoms in total. The van der Waals surface area contributed by atoms with Crippen LogP contribution in [-0.4, -0.2) is 7.11 Å². The van der Waals surface area contributed by atoms with Gasteiger partial charge in [0.2, 0.25) is 0 Å². The molecule has 1 atom stereocenters. The number of benzene rings is 1. The van der Waals surface area contributed by atoms with E-state index in [0.717, 1.165) is 11.3 Å². The molecule has 1 unspecified atom stereocenters. The van der Waals surface area contributed by atoms with Gasteiger partial charge in [-0.1, -0.05) is 12.1 Å². The molecule has 0 aliphatic heterocycles. The Hall–Kier alpha value is -1.36. The summed E-state index contributed by atoms with van der Waals surface area (Å²) in [6.45, 7) is 4.12. The van der Waals surface area contributed by atoms with E-state index in [1.165, 1.54) is 16.0 Å². The molecule has 4 heteroatoms. The maximum Gasteiger partial charge on any atom is 0.122 e. The van der Waals surface area contributed by atoms with Gasteiger partial charge < -0.3 is 4.74 Å². The Labute approximate surface area is 112 Å². The average Bonchev–Trinajstić information content (AvgIpc) is 2.87. The van der Waals surface area contributed by atoms with Crippen LogP contribution in [0.15, 0.2) is 29.6 Å². The van der Waals surface area contributed by atoms with Gasteiger partial charge in [-0.25, -0.2) is 5.43 Å². The first-order valence-electron chi connectivity index (χ1n) is 5.82. The zero-order valence-electron chi connectivity index (χ0n) is 10.9. The SMILES string of the molecule is COc1cc(C)c(C(NN)c2cccs2)cc1C. The predicted octanol–water partition coefficient (Wildman–Crippen LogP) is 2.93. The van der Waals surface area contributed by atoms with E-state index >= 15 is 0 Å². The molecule has 96 valence electrons.